The Morgan fingerprint density at radius 1 is 1.31 bits per heavy atom. The molecule has 0 aliphatic rings. The Morgan fingerprint density at radius 2 is 1.85 bits per heavy atom. The van der Waals surface area contributed by atoms with Crippen molar-refractivity contribution in [2.45, 2.75) is 11.8 Å². The van der Waals surface area contributed by atoms with Crippen molar-refractivity contribution >= 4 is 17.4 Å². The molecule has 1 aromatic rings. The van der Waals surface area contributed by atoms with E-state index in [0.717, 1.165) is 9.80 Å². The van der Waals surface area contributed by atoms with Gasteiger partial charge in [-0.25, -0.2) is 0 Å². The molecule has 0 bridgehead atoms. The molecular formula is C9H11NO2S. The second-order valence-corrected chi connectivity index (χ2v) is 3.96. The van der Waals surface area contributed by atoms with Gasteiger partial charge in [0.2, 0.25) is 0 Å². The van der Waals surface area contributed by atoms with Crippen molar-refractivity contribution in [2.75, 3.05) is 5.23 Å². The monoisotopic (exact) mass is 197 g/mol. The number of rotatable bonds is 3. The summed E-state index contributed by atoms with van der Waals surface area (Å²) in [5.74, 6) is 0. The first kappa shape index (κ1) is 10.1. The topological polar surface area (TPSA) is 43.7 Å². The average Bonchev–Trinajstić information content (AvgIpc) is 2.04. The molecule has 0 amide bonds. The van der Waals surface area contributed by atoms with Gasteiger partial charge in [-0.1, -0.05) is 18.3 Å². The Morgan fingerprint density at radius 3 is 2.23 bits per heavy atom. The van der Waals surface area contributed by atoms with Crippen molar-refractivity contribution in [3.63, 3.8) is 0 Å². The lowest BCUT2D eigenvalue weighted by molar-refractivity contribution is 0.0291. The van der Waals surface area contributed by atoms with Crippen LogP contribution in [0, 0.1) is 0 Å². The minimum absolute atomic E-state index is 0.0925. The minimum atomic E-state index is 0.0925. The van der Waals surface area contributed by atoms with E-state index in [4.69, 9.17) is 10.4 Å². The summed E-state index contributed by atoms with van der Waals surface area (Å²) in [6, 6.07) is 6.83. The zero-order valence-electron chi connectivity index (χ0n) is 7.27. The summed E-state index contributed by atoms with van der Waals surface area (Å²) in [4.78, 5) is 2.02. The minimum Gasteiger partial charge on any atom is -0.264 e. The van der Waals surface area contributed by atoms with E-state index in [9.17, 15) is 0 Å². The standard InChI is InChI=1S/C9H11NO2S/c1-7(2)13-9-5-3-8(4-6-9)10(11)12/h3-6,11-12H,1H2,2H3. The summed E-state index contributed by atoms with van der Waals surface area (Å²) in [5, 5.41) is 17.4. The Balaban J connectivity index is 2.75. The average molecular weight is 197 g/mol. The number of nitrogens with zero attached hydrogens (tertiary/aromatic N) is 1. The molecule has 70 valence electrons. The lowest BCUT2D eigenvalue weighted by atomic mass is 10.3. The summed E-state index contributed by atoms with van der Waals surface area (Å²) in [6.07, 6.45) is 0. The number of allylic oxidation sites excluding steroid dienone is 1. The summed E-state index contributed by atoms with van der Waals surface area (Å²) in [7, 11) is 0. The molecule has 13 heavy (non-hydrogen) atoms. The second-order valence-electron chi connectivity index (χ2n) is 2.59. The Hall–Kier alpha value is -0.970. The number of hydrogen-bond acceptors (Lipinski definition) is 4. The number of hydrogen-bond donors (Lipinski definition) is 2. The van der Waals surface area contributed by atoms with E-state index >= 15 is 0 Å². The van der Waals surface area contributed by atoms with E-state index < -0.39 is 0 Å². The molecular weight excluding hydrogens is 186 g/mol. The largest absolute Gasteiger partial charge is 0.264 e. The highest BCUT2D eigenvalue weighted by molar-refractivity contribution is 8.03. The van der Waals surface area contributed by atoms with Crippen LogP contribution in [-0.4, -0.2) is 10.4 Å². The highest BCUT2D eigenvalue weighted by Crippen LogP contribution is 2.26. The lowest BCUT2D eigenvalue weighted by Gasteiger charge is -2.07. The molecule has 2 N–H and O–H groups in total. The van der Waals surface area contributed by atoms with Crippen molar-refractivity contribution in [1.82, 2.24) is 0 Å². The van der Waals surface area contributed by atoms with Crippen LogP contribution >= 0.6 is 11.8 Å². The van der Waals surface area contributed by atoms with Gasteiger partial charge in [-0.2, -0.15) is 0 Å². The van der Waals surface area contributed by atoms with Crippen LogP contribution in [0.3, 0.4) is 0 Å². The van der Waals surface area contributed by atoms with Gasteiger partial charge in [0.15, 0.2) is 0 Å². The van der Waals surface area contributed by atoms with Crippen LogP contribution in [0.1, 0.15) is 6.92 Å². The highest BCUT2D eigenvalue weighted by atomic mass is 32.2. The van der Waals surface area contributed by atoms with Crippen LogP contribution in [0.4, 0.5) is 5.69 Å². The molecule has 0 saturated heterocycles. The second kappa shape index (κ2) is 4.32. The molecule has 4 heteroatoms. The van der Waals surface area contributed by atoms with Gasteiger partial charge in [0.05, 0.1) is 5.69 Å². The predicted molar refractivity (Wildman–Crippen MR) is 53.2 cm³/mol. The molecule has 1 rings (SSSR count). The van der Waals surface area contributed by atoms with Gasteiger partial charge < -0.3 is 0 Å². The predicted octanol–water partition coefficient (Wildman–Crippen LogP) is 2.90. The van der Waals surface area contributed by atoms with Crippen LogP contribution in [0.5, 0.6) is 0 Å². The third kappa shape index (κ3) is 3.10. The fourth-order valence-corrected chi connectivity index (χ4v) is 1.52. The van der Waals surface area contributed by atoms with Crippen LogP contribution in [0.15, 0.2) is 40.6 Å². The van der Waals surface area contributed by atoms with E-state index in [2.05, 4.69) is 6.58 Å². The van der Waals surface area contributed by atoms with Crippen molar-refractivity contribution < 1.29 is 10.4 Å². The van der Waals surface area contributed by atoms with E-state index in [1.54, 1.807) is 36.0 Å². The fourth-order valence-electron chi connectivity index (χ4n) is 0.849. The fraction of sp³-hybridized carbons (Fsp3) is 0.111. The van der Waals surface area contributed by atoms with Crippen molar-refractivity contribution in [1.29, 1.82) is 0 Å². The van der Waals surface area contributed by atoms with Gasteiger partial charge in [0, 0.05) is 4.90 Å². The van der Waals surface area contributed by atoms with E-state index in [0.29, 0.717) is 5.69 Å². The third-order valence-electron chi connectivity index (χ3n) is 1.36. The first-order chi connectivity index (χ1) is 6.09. The summed E-state index contributed by atoms with van der Waals surface area (Å²) < 4.78 is 0. The summed E-state index contributed by atoms with van der Waals surface area (Å²) in [6.45, 7) is 5.68. The zero-order valence-corrected chi connectivity index (χ0v) is 8.08. The van der Waals surface area contributed by atoms with Gasteiger partial charge >= 0.3 is 0 Å². The quantitative estimate of drug-likeness (QED) is 0.577. The Kier molecular flexibility index (Phi) is 3.36. The highest BCUT2D eigenvalue weighted by Gasteiger charge is 1.98. The molecule has 0 aliphatic heterocycles. The van der Waals surface area contributed by atoms with Crippen molar-refractivity contribution in [3.05, 3.63) is 35.7 Å². The Labute approximate surface area is 81.2 Å². The molecule has 0 unspecified atom stereocenters. The molecule has 0 saturated carbocycles. The molecule has 0 aromatic heterocycles. The number of thioether (sulfide) groups is 1. The molecule has 0 fully saturated rings. The van der Waals surface area contributed by atoms with E-state index in [-0.39, 0.29) is 5.23 Å². The number of benzene rings is 1. The SMILES string of the molecule is C=C(C)Sc1ccc(N(O)O)cc1. The van der Waals surface area contributed by atoms with Gasteiger partial charge in [0.1, 0.15) is 0 Å². The molecule has 0 aliphatic carbocycles. The van der Waals surface area contributed by atoms with Gasteiger partial charge in [0.25, 0.3) is 0 Å². The summed E-state index contributed by atoms with van der Waals surface area (Å²) in [5.41, 5.74) is 0.339. The van der Waals surface area contributed by atoms with Gasteiger partial charge in [-0.05, 0) is 36.1 Å². The maximum atomic E-state index is 8.66. The first-order valence-corrected chi connectivity index (χ1v) is 4.52. The summed E-state index contributed by atoms with van der Waals surface area (Å²) >= 11 is 1.54. The van der Waals surface area contributed by atoms with E-state index in [1.165, 1.54) is 0 Å². The lowest BCUT2D eigenvalue weighted by Crippen LogP contribution is -2.10. The van der Waals surface area contributed by atoms with Gasteiger partial charge in [-0.3, -0.25) is 10.4 Å². The third-order valence-corrected chi connectivity index (χ3v) is 2.22. The normalized spacial score (nSPS) is 9.77. The van der Waals surface area contributed by atoms with Crippen LogP contribution < -0.4 is 5.23 Å². The molecule has 0 heterocycles. The maximum Gasteiger partial charge on any atom is 0.0943 e. The van der Waals surface area contributed by atoms with E-state index in [1.807, 2.05) is 6.92 Å². The maximum absolute atomic E-state index is 8.66. The zero-order chi connectivity index (χ0) is 9.84. The van der Waals surface area contributed by atoms with Crippen LogP contribution in [0.25, 0.3) is 0 Å². The molecule has 0 radical (unpaired) electrons. The molecule has 0 spiro atoms. The van der Waals surface area contributed by atoms with Crippen LogP contribution in [0.2, 0.25) is 0 Å². The van der Waals surface area contributed by atoms with Crippen molar-refractivity contribution in [2.24, 2.45) is 0 Å². The smallest absolute Gasteiger partial charge is 0.0943 e. The van der Waals surface area contributed by atoms with Crippen LogP contribution in [-0.2, 0) is 0 Å². The Bertz CT molecular complexity index is 295. The van der Waals surface area contributed by atoms with Gasteiger partial charge in [-0.15, -0.1) is 5.23 Å². The van der Waals surface area contributed by atoms with Crippen molar-refractivity contribution in [3.8, 4) is 0 Å². The molecule has 0 atom stereocenters. The molecule has 1 aromatic carbocycles. The number of anilines is 1. The molecule has 3 nitrogen and oxygen atoms in total. The first-order valence-electron chi connectivity index (χ1n) is 3.71.